The van der Waals surface area contributed by atoms with E-state index in [1.165, 1.54) is 0 Å². The van der Waals surface area contributed by atoms with Gasteiger partial charge in [-0.25, -0.2) is 0 Å². The van der Waals surface area contributed by atoms with Crippen LogP contribution >= 0.6 is 0 Å². The summed E-state index contributed by atoms with van der Waals surface area (Å²) in [5, 5.41) is 11.7. The van der Waals surface area contributed by atoms with E-state index in [4.69, 9.17) is 11.5 Å². The summed E-state index contributed by atoms with van der Waals surface area (Å²) >= 11 is 0. The first-order chi connectivity index (χ1) is 25.3. The summed E-state index contributed by atoms with van der Waals surface area (Å²) < 4.78 is 0. The van der Waals surface area contributed by atoms with Gasteiger partial charge >= 0.3 is 0 Å². The van der Waals surface area contributed by atoms with E-state index in [0.717, 1.165) is 47.9 Å². The van der Waals surface area contributed by atoms with E-state index in [2.05, 4.69) is 21.3 Å². The average Bonchev–Trinajstić information content (AvgIpc) is 3.16. The van der Waals surface area contributed by atoms with Crippen molar-refractivity contribution < 1.29 is 19.2 Å². The zero-order valence-corrected chi connectivity index (χ0v) is 29.7. The molecule has 274 valence electrons. The van der Waals surface area contributed by atoms with E-state index >= 15 is 0 Å². The lowest BCUT2D eigenvalue weighted by atomic mass is 10.0. The van der Waals surface area contributed by atoms with Gasteiger partial charge in [-0.15, -0.1) is 0 Å². The minimum absolute atomic E-state index is 0.258. The number of nitrogens with two attached hydrogens (primary N) is 2. The lowest BCUT2D eigenvalue weighted by Gasteiger charge is -2.21. The van der Waals surface area contributed by atoms with Crippen LogP contribution in [0.3, 0.4) is 0 Å². The van der Waals surface area contributed by atoms with Crippen LogP contribution in [-0.2, 0) is 44.9 Å². The highest BCUT2D eigenvalue weighted by Gasteiger charge is 2.25. The fraction of sp³-hybridized carbons (Fsp3) is 0.333. The van der Waals surface area contributed by atoms with E-state index in [1.807, 2.05) is 121 Å². The fourth-order valence-corrected chi connectivity index (χ4v) is 5.87. The molecule has 0 aliphatic carbocycles. The normalized spacial score (nSPS) is 13.2. The molecule has 10 heteroatoms. The molecule has 0 radical (unpaired) electrons. The van der Waals surface area contributed by atoms with Crippen LogP contribution < -0.4 is 32.7 Å². The van der Waals surface area contributed by atoms with Crippen molar-refractivity contribution in [2.24, 2.45) is 11.5 Å². The van der Waals surface area contributed by atoms with Crippen LogP contribution in [0.4, 0.5) is 0 Å². The van der Waals surface area contributed by atoms with Gasteiger partial charge in [0.15, 0.2) is 0 Å². The molecule has 4 rings (SSSR count). The molecular formula is C42H52N6O4. The summed E-state index contributed by atoms with van der Waals surface area (Å²) in [7, 11) is 0. The van der Waals surface area contributed by atoms with Crippen molar-refractivity contribution in [3.8, 4) is 0 Å². The second kappa shape index (κ2) is 21.8. The molecule has 0 unspecified atom stereocenters. The number of hydrogen-bond donors (Lipinski definition) is 6. The average molecular weight is 705 g/mol. The third-order valence-corrected chi connectivity index (χ3v) is 8.80. The maximum atomic E-state index is 13.2. The van der Waals surface area contributed by atoms with Crippen molar-refractivity contribution in [1.29, 1.82) is 0 Å². The molecule has 0 aromatic heterocycles. The maximum Gasteiger partial charge on any atom is 0.242 e. The van der Waals surface area contributed by atoms with Gasteiger partial charge in [-0.2, -0.15) is 0 Å². The standard InChI is InChI=1S/C42H52N6O4/c43-35(27-31-17-7-3-8-18-31)39(49)47-37(29-33-21-11-5-12-22-33)41(51)45-25-15-1-2-16-26-46-42(52)38(30-34-23-13-6-14-24-34)48-40(50)36(44)28-32-19-9-4-10-20-32/h3-14,17-24,35-38H,1-2,15-16,25-30,43-44H2,(H,45,51)(H,46,52)(H,47,49)(H,48,50)/t35-,36-,37+,38+/m0/s1. The lowest BCUT2D eigenvalue weighted by molar-refractivity contribution is -0.129. The van der Waals surface area contributed by atoms with Crippen LogP contribution in [-0.4, -0.2) is 60.9 Å². The van der Waals surface area contributed by atoms with Crippen molar-refractivity contribution >= 4 is 23.6 Å². The smallest absolute Gasteiger partial charge is 0.242 e. The van der Waals surface area contributed by atoms with Gasteiger partial charge in [-0.3, -0.25) is 19.2 Å². The van der Waals surface area contributed by atoms with Crippen molar-refractivity contribution in [3.05, 3.63) is 144 Å². The molecule has 0 spiro atoms. The third-order valence-electron chi connectivity index (χ3n) is 8.80. The number of rotatable bonds is 21. The largest absolute Gasteiger partial charge is 0.354 e. The maximum absolute atomic E-state index is 13.2. The second-order valence-corrected chi connectivity index (χ2v) is 13.1. The summed E-state index contributed by atoms with van der Waals surface area (Å²) in [5.74, 6) is -1.26. The van der Waals surface area contributed by atoms with Crippen molar-refractivity contribution in [2.75, 3.05) is 13.1 Å². The van der Waals surface area contributed by atoms with Crippen LogP contribution in [0.25, 0.3) is 0 Å². The molecule has 10 nitrogen and oxygen atoms in total. The predicted octanol–water partition coefficient (Wildman–Crippen LogP) is 3.37. The number of carbonyl (C=O) groups excluding carboxylic acids is 4. The molecule has 0 aliphatic heterocycles. The Kier molecular flexibility index (Phi) is 16.5. The fourth-order valence-electron chi connectivity index (χ4n) is 5.87. The monoisotopic (exact) mass is 704 g/mol. The molecule has 0 heterocycles. The van der Waals surface area contributed by atoms with E-state index in [9.17, 15) is 19.2 Å². The van der Waals surface area contributed by atoms with Crippen molar-refractivity contribution in [2.45, 2.75) is 75.5 Å². The Balaban J connectivity index is 1.19. The molecule has 0 fully saturated rings. The highest BCUT2D eigenvalue weighted by molar-refractivity contribution is 5.90. The SMILES string of the molecule is N[C@@H](Cc1ccccc1)C(=O)N[C@H](Cc1ccccc1)C(=O)NCCCCCCNC(=O)[C@@H](Cc1ccccc1)NC(=O)[C@@H](N)Cc1ccccc1. The van der Waals surface area contributed by atoms with Gasteiger partial charge in [-0.05, 0) is 47.9 Å². The number of amides is 4. The van der Waals surface area contributed by atoms with Crippen LogP contribution in [0.15, 0.2) is 121 Å². The number of unbranched alkanes of at least 4 members (excludes halogenated alkanes) is 3. The summed E-state index contributed by atoms with van der Waals surface area (Å²) in [4.78, 5) is 52.4. The molecule has 0 saturated heterocycles. The second-order valence-electron chi connectivity index (χ2n) is 13.1. The number of benzene rings is 4. The minimum atomic E-state index is -0.781. The first-order valence-electron chi connectivity index (χ1n) is 18.1. The Hall–Kier alpha value is -5.32. The molecule has 0 bridgehead atoms. The Bertz CT molecular complexity index is 1530. The topological polar surface area (TPSA) is 168 Å². The quantitative estimate of drug-likeness (QED) is 0.0728. The van der Waals surface area contributed by atoms with Crippen LogP contribution in [0.1, 0.15) is 47.9 Å². The van der Waals surface area contributed by atoms with Gasteiger partial charge in [0.05, 0.1) is 12.1 Å². The third kappa shape index (κ3) is 14.1. The highest BCUT2D eigenvalue weighted by atomic mass is 16.2. The number of nitrogens with one attached hydrogen (secondary N) is 4. The molecule has 4 amide bonds. The molecule has 8 N–H and O–H groups in total. The van der Waals surface area contributed by atoms with Gasteiger partial charge in [0.2, 0.25) is 23.6 Å². The number of hydrogen-bond acceptors (Lipinski definition) is 6. The van der Waals surface area contributed by atoms with Gasteiger partial charge in [0, 0.05) is 25.9 Å². The Morgan fingerprint density at radius 3 is 1.00 bits per heavy atom. The first-order valence-corrected chi connectivity index (χ1v) is 18.1. The molecule has 52 heavy (non-hydrogen) atoms. The minimum Gasteiger partial charge on any atom is -0.354 e. The molecular weight excluding hydrogens is 652 g/mol. The van der Waals surface area contributed by atoms with Gasteiger partial charge < -0.3 is 32.7 Å². The summed E-state index contributed by atoms with van der Waals surface area (Å²) in [5.41, 5.74) is 16.2. The highest BCUT2D eigenvalue weighted by Crippen LogP contribution is 2.09. The van der Waals surface area contributed by atoms with Crippen LogP contribution in [0.2, 0.25) is 0 Å². The Labute approximate surface area is 307 Å². The van der Waals surface area contributed by atoms with Crippen molar-refractivity contribution in [1.82, 2.24) is 21.3 Å². The number of carbonyl (C=O) groups is 4. The lowest BCUT2D eigenvalue weighted by Crippen LogP contribution is -2.53. The zero-order valence-electron chi connectivity index (χ0n) is 29.7. The molecule has 0 saturated carbocycles. The van der Waals surface area contributed by atoms with Crippen LogP contribution in [0.5, 0.6) is 0 Å². The molecule has 0 aliphatic rings. The van der Waals surface area contributed by atoms with E-state index < -0.39 is 24.2 Å². The van der Waals surface area contributed by atoms with Crippen molar-refractivity contribution in [3.63, 3.8) is 0 Å². The van der Waals surface area contributed by atoms with Crippen LogP contribution in [0, 0.1) is 0 Å². The Morgan fingerprint density at radius 2 is 0.692 bits per heavy atom. The van der Waals surface area contributed by atoms with Gasteiger partial charge in [0.1, 0.15) is 12.1 Å². The van der Waals surface area contributed by atoms with E-state index in [0.29, 0.717) is 38.8 Å². The van der Waals surface area contributed by atoms with E-state index in [1.54, 1.807) is 0 Å². The predicted molar refractivity (Wildman–Crippen MR) is 205 cm³/mol. The molecule has 4 aromatic rings. The molecule has 4 aromatic carbocycles. The summed E-state index contributed by atoms with van der Waals surface area (Å²) in [6.45, 7) is 0.910. The van der Waals surface area contributed by atoms with Gasteiger partial charge in [0.25, 0.3) is 0 Å². The summed E-state index contributed by atoms with van der Waals surface area (Å²) in [6.07, 6.45) is 4.60. The van der Waals surface area contributed by atoms with E-state index in [-0.39, 0.29) is 23.6 Å². The summed E-state index contributed by atoms with van der Waals surface area (Å²) in [6, 6.07) is 35.1. The Morgan fingerprint density at radius 1 is 0.404 bits per heavy atom. The molecule has 4 atom stereocenters. The first kappa shape index (κ1) is 39.5. The van der Waals surface area contributed by atoms with Gasteiger partial charge in [-0.1, -0.05) is 134 Å². The zero-order chi connectivity index (χ0) is 37.0.